The first-order chi connectivity index (χ1) is 8.29. The summed E-state index contributed by atoms with van der Waals surface area (Å²) >= 11 is 0. The lowest BCUT2D eigenvalue weighted by Gasteiger charge is -2.16. The molecule has 1 saturated heterocycles. The van der Waals surface area contributed by atoms with Gasteiger partial charge in [0, 0.05) is 19.5 Å². The normalized spacial score (nSPS) is 19.9. The van der Waals surface area contributed by atoms with Crippen LogP contribution in [0.3, 0.4) is 0 Å². The number of nitrogens with zero attached hydrogens (tertiary/aromatic N) is 1. The number of amides is 1. The first-order valence-electron chi connectivity index (χ1n) is 6.31. The molecule has 0 aliphatic carbocycles. The van der Waals surface area contributed by atoms with E-state index in [4.69, 9.17) is 5.73 Å². The molecule has 0 radical (unpaired) electrons. The van der Waals surface area contributed by atoms with Crippen molar-refractivity contribution in [2.24, 2.45) is 11.7 Å². The van der Waals surface area contributed by atoms with Gasteiger partial charge in [-0.15, -0.1) is 0 Å². The molecule has 2 rings (SSSR count). The van der Waals surface area contributed by atoms with E-state index < -0.39 is 0 Å². The maximum Gasteiger partial charge on any atom is 0.222 e. The molecule has 1 aromatic rings. The number of aryl methyl sites for hydroxylation is 1. The van der Waals surface area contributed by atoms with Gasteiger partial charge in [-0.25, -0.2) is 0 Å². The molecule has 0 saturated carbocycles. The third-order valence-electron chi connectivity index (χ3n) is 3.36. The van der Waals surface area contributed by atoms with Crippen LogP contribution in [-0.2, 0) is 11.2 Å². The number of carbonyl (C=O) groups excluding carboxylic acids is 1. The van der Waals surface area contributed by atoms with Crippen molar-refractivity contribution < 1.29 is 4.79 Å². The largest absolute Gasteiger partial charge is 0.342 e. The third kappa shape index (κ3) is 3.30. The number of hydrogen-bond donors (Lipinski definition) is 1. The van der Waals surface area contributed by atoms with Crippen LogP contribution >= 0.6 is 0 Å². The van der Waals surface area contributed by atoms with Gasteiger partial charge in [-0.3, -0.25) is 4.79 Å². The van der Waals surface area contributed by atoms with Crippen molar-refractivity contribution in [1.82, 2.24) is 4.90 Å². The molecule has 92 valence electrons. The lowest BCUT2D eigenvalue weighted by Crippen LogP contribution is -2.27. The SMILES string of the molecule is NCC1CC(=O)N(CCCc2ccccc2)C1. The molecule has 1 amide bonds. The molecule has 3 heteroatoms. The van der Waals surface area contributed by atoms with Crippen molar-refractivity contribution in [2.75, 3.05) is 19.6 Å². The second kappa shape index (κ2) is 5.82. The van der Waals surface area contributed by atoms with Gasteiger partial charge < -0.3 is 10.6 Å². The first-order valence-corrected chi connectivity index (χ1v) is 6.31. The lowest BCUT2D eigenvalue weighted by atomic mass is 10.1. The first kappa shape index (κ1) is 12.1. The lowest BCUT2D eigenvalue weighted by molar-refractivity contribution is -0.127. The topological polar surface area (TPSA) is 46.3 Å². The van der Waals surface area contributed by atoms with Gasteiger partial charge in [-0.05, 0) is 30.9 Å². The summed E-state index contributed by atoms with van der Waals surface area (Å²) in [6.07, 6.45) is 2.72. The Morgan fingerprint density at radius 1 is 1.29 bits per heavy atom. The van der Waals surface area contributed by atoms with Gasteiger partial charge in [0.1, 0.15) is 0 Å². The van der Waals surface area contributed by atoms with E-state index >= 15 is 0 Å². The van der Waals surface area contributed by atoms with E-state index in [1.165, 1.54) is 5.56 Å². The van der Waals surface area contributed by atoms with Gasteiger partial charge >= 0.3 is 0 Å². The van der Waals surface area contributed by atoms with Crippen molar-refractivity contribution in [2.45, 2.75) is 19.3 Å². The van der Waals surface area contributed by atoms with Crippen LogP contribution in [0.1, 0.15) is 18.4 Å². The monoisotopic (exact) mass is 232 g/mol. The number of benzene rings is 1. The maximum absolute atomic E-state index is 11.7. The van der Waals surface area contributed by atoms with Gasteiger partial charge in [0.25, 0.3) is 0 Å². The molecule has 17 heavy (non-hydrogen) atoms. The molecule has 1 fully saturated rings. The van der Waals surface area contributed by atoms with Crippen LogP contribution in [0.15, 0.2) is 30.3 Å². The Morgan fingerprint density at radius 2 is 2.06 bits per heavy atom. The third-order valence-corrected chi connectivity index (χ3v) is 3.36. The fraction of sp³-hybridized carbons (Fsp3) is 0.500. The van der Waals surface area contributed by atoms with E-state index in [1.807, 2.05) is 11.0 Å². The fourth-order valence-corrected chi connectivity index (χ4v) is 2.35. The minimum absolute atomic E-state index is 0.272. The zero-order valence-corrected chi connectivity index (χ0v) is 10.1. The number of rotatable bonds is 5. The molecule has 1 aliphatic heterocycles. The van der Waals surface area contributed by atoms with E-state index in [0.717, 1.165) is 25.9 Å². The minimum Gasteiger partial charge on any atom is -0.342 e. The second-order valence-electron chi connectivity index (χ2n) is 4.73. The molecule has 3 nitrogen and oxygen atoms in total. The van der Waals surface area contributed by atoms with Crippen molar-refractivity contribution in [3.63, 3.8) is 0 Å². The van der Waals surface area contributed by atoms with Crippen molar-refractivity contribution in [3.05, 3.63) is 35.9 Å². The Morgan fingerprint density at radius 3 is 2.71 bits per heavy atom. The molecule has 0 bridgehead atoms. The summed E-state index contributed by atoms with van der Waals surface area (Å²) in [4.78, 5) is 13.6. The summed E-state index contributed by atoms with van der Waals surface area (Å²) in [5, 5.41) is 0. The summed E-state index contributed by atoms with van der Waals surface area (Å²) in [5.74, 6) is 0.646. The predicted molar refractivity (Wildman–Crippen MR) is 68.5 cm³/mol. The maximum atomic E-state index is 11.7. The number of carbonyl (C=O) groups is 1. The molecule has 1 unspecified atom stereocenters. The Hall–Kier alpha value is -1.35. The average Bonchev–Trinajstić information content (AvgIpc) is 2.72. The Labute approximate surface area is 103 Å². The van der Waals surface area contributed by atoms with Crippen LogP contribution in [0.2, 0.25) is 0 Å². The highest BCUT2D eigenvalue weighted by Gasteiger charge is 2.27. The zero-order chi connectivity index (χ0) is 12.1. The molecule has 1 aromatic carbocycles. The van der Waals surface area contributed by atoms with Gasteiger partial charge in [0.15, 0.2) is 0 Å². The summed E-state index contributed by atoms with van der Waals surface area (Å²) < 4.78 is 0. The van der Waals surface area contributed by atoms with E-state index in [1.54, 1.807) is 0 Å². The van der Waals surface area contributed by atoms with E-state index in [2.05, 4.69) is 24.3 Å². The summed E-state index contributed by atoms with van der Waals surface area (Å²) in [5.41, 5.74) is 6.94. The molecule has 1 heterocycles. The molecular formula is C14H20N2O. The smallest absolute Gasteiger partial charge is 0.222 e. The zero-order valence-electron chi connectivity index (χ0n) is 10.1. The van der Waals surface area contributed by atoms with Crippen LogP contribution in [0.25, 0.3) is 0 Å². The van der Waals surface area contributed by atoms with Crippen molar-refractivity contribution in [1.29, 1.82) is 0 Å². The number of nitrogens with two attached hydrogens (primary N) is 1. The number of hydrogen-bond acceptors (Lipinski definition) is 2. The van der Waals surface area contributed by atoms with Gasteiger partial charge in [0.2, 0.25) is 5.91 Å². The van der Waals surface area contributed by atoms with E-state index in [-0.39, 0.29) is 5.91 Å². The molecule has 2 N–H and O–H groups in total. The standard InChI is InChI=1S/C14H20N2O/c15-10-13-9-14(17)16(11-13)8-4-7-12-5-2-1-3-6-12/h1-3,5-6,13H,4,7-11,15H2. The van der Waals surface area contributed by atoms with Crippen LogP contribution < -0.4 is 5.73 Å². The highest BCUT2D eigenvalue weighted by molar-refractivity contribution is 5.78. The quantitative estimate of drug-likeness (QED) is 0.834. The van der Waals surface area contributed by atoms with Crippen LogP contribution in [0, 0.1) is 5.92 Å². The summed E-state index contributed by atoms with van der Waals surface area (Å²) in [6, 6.07) is 10.4. The predicted octanol–water partition coefficient (Wildman–Crippen LogP) is 1.43. The average molecular weight is 232 g/mol. The fourth-order valence-electron chi connectivity index (χ4n) is 2.35. The van der Waals surface area contributed by atoms with Gasteiger partial charge in [-0.1, -0.05) is 30.3 Å². The molecular weight excluding hydrogens is 212 g/mol. The molecule has 0 aromatic heterocycles. The highest BCUT2D eigenvalue weighted by atomic mass is 16.2. The second-order valence-corrected chi connectivity index (χ2v) is 4.73. The van der Waals surface area contributed by atoms with E-state index in [0.29, 0.717) is 18.9 Å². The van der Waals surface area contributed by atoms with Crippen LogP contribution in [0.4, 0.5) is 0 Å². The molecule has 1 aliphatic rings. The van der Waals surface area contributed by atoms with Crippen molar-refractivity contribution >= 4 is 5.91 Å². The van der Waals surface area contributed by atoms with Gasteiger partial charge in [0.05, 0.1) is 0 Å². The number of likely N-dealkylation sites (tertiary alicyclic amines) is 1. The van der Waals surface area contributed by atoms with E-state index in [9.17, 15) is 4.79 Å². The summed E-state index contributed by atoms with van der Waals surface area (Å²) in [7, 11) is 0. The van der Waals surface area contributed by atoms with Crippen LogP contribution in [0.5, 0.6) is 0 Å². The Bertz CT molecular complexity index is 364. The van der Waals surface area contributed by atoms with Crippen molar-refractivity contribution in [3.8, 4) is 0 Å². The Balaban J connectivity index is 1.74. The Kier molecular flexibility index (Phi) is 4.15. The van der Waals surface area contributed by atoms with Gasteiger partial charge in [-0.2, -0.15) is 0 Å². The molecule has 1 atom stereocenters. The molecule has 0 spiro atoms. The van der Waals surface area contributed by atoms with Crippen LogP contribution in [-0.4, -0.2) is 30.4 Å². The highest BCUT2D eigenvalue weighted by Crippen LogP contribution is 2.17. The summed E-state index contributed by atoms with van der Waals surface area (Å²) in [6.45, 7) is 2.34. The minimum atomic E-state index is 0.272.